The van der Waals surface area contributed by atoms with Crippen LogP contribution < -0.4 is 4.90 Å². The van der Waals surface area contributed by atoms with Crippen molar-refractivity contribution in [2.75, 3.05) is 31.7 Å². The Hall–Kier alpha value is -1.65. The van der Waals surface area contributed by atoms with Crippen LogP contribution in [0.1, 0.15) is 18.1 Å². The Balaban J connectivity index is 2.05. The van der Waals surface area contributed by atoms with Gasteiger partial charge in [0.05, 0.1) is 30.0 Å². The highest BCUT2D eigenvalue weighted by molar-refractivity contribution is 5.95. The average molecular weight is 300 g/mol. The van der Waals surface area contributed by atoms with Gasteiger partial charge < -0.3 is 14.4 Å². The zero-order chi connectivity index (χ0) is 15.7. The highest BCUT2D eigenvalue weighted by atomic mass is 16.5. The van der Waals surface area contributed by atoms with E-state index in [1.54, 1.807) is 7.11 Å². The Morgan fingerprint density at radius 1 is 1.27 bits per heavy atom. The molecule has 2 atom stereocenters. The number of rotatable bonds is 3. The van der Waals surface area contributed by atoms with E-state index >= 15 is 0 Å². The highest BCUT2D eigenvalue weighted by Crippen LogP contribution is 2.32. The van der Waals surface area contributed by atoms with Crippen LogP contribution in [0.4, 0.5) is 5.69 Å². The van der Waals surface area contributed by atoms with Crippen molar-refractivity contribution in [2.24, 2.45) is 0 Å². The van der Waals surface area contributed by atoms with E-state index in [1.807, 2.05) is 6.20 Å². The van der Waals surface area contributed by atoms with E-state index in [2.05, 4.69) is 48.9 Å². The minimum atomic E-state index is 0.112. The van der Waals surface area contributed by atoms with Crippen LogP contribution in [0.3, 0.4) is 0 Å². The Kier molecular flexibility index (Phi) is 4.32. The van der Waals surface area contributed by atoms with E-state index in [9.17, 15) is 0 Å². The number of nitrogens with zero attached hydrogens (tertiary/aromatic N) is 2. The zero-order valence-electron chi connectivity index (χ0n) is 13.8. The van der Waals surface area contributed by atoms with Gasteiger partial charge in [-0.15, -0.1) is 0 Å². The smallest absolute Gasteiger partial charge is 0.0987 e. The second-order valence-electron chi connectivity index (χ2n) is 6.19. The summed E-state index contributed by atoms with van der Waals surface area (Å²) in [6.45, 7) is 8.75. The molecule has 1 aromatic carbocycles. The van der Waals surface area contributed by atoms with Gasteiger partial charge in [-0.1, -0.05) is 18.2 Å². The fourth-order valence-corrected chi connectivity index (χ4v) is 3.38. The summed E-state index contributed by atoms with van der Waals surface area (Å²) < 4.78 is 11.3. The molecule has 1 aliphatic rings. The molecule has 0 amide bonds. The van der Waals surface area contributed by atoms with Crippen molar-refractivity contribution in [1.29, 1.82) is 0 Å². The Morgan fingerprint density at radius 2 is 2.09 bits per heavy atom. The van der Waals surface area contributed by atoms with Crippen molar-refractivity contribution in [3.8, 4) is 0 Å². The molecule has 4 heteroatoms. The largest absolute Gasteiger partial charge is 0.382 e. The third-order valence-electron chi connectivity index (χ3n) is 4.25. The molecule has 0 spiro atoms. The van der Waals surface area contributed by atoms with Crippen molar-refractivity contribution in [1.82, 2.24) is 4.98 Å². The second kappa shape index (κ2) is 6.23. The first-order chi connectivity index (χ1) is 10.6. The maximum absolute atomic E-state index is 5.97. The molecule has 0 bridgehead atoms. The Morgan fingerprint density at radius 3 is 2.86 bits per heavy atom. The van der Waals surface area contributed by atoms with Gasteiger partial charge in [-0.2, -0.15) is 0 Å². The summed E-state index contributed by atoms with van der Waals surface area (Å²) >= 11 is 0. The number of para-hydroxylation sites is 1. The third kappa shape index (κ3) is 2.81. The van der Waals surface area contributed by atoms with Crippen molar-refractivity contribution in [3.63, 3.8) is 0 Å². The van der Waals surface area contributed by atoms with Crippen LogP contribution in [0.2, 0.25) is 0 Å². The van der Waals surface area contributed by atoms with E-state index in [0.717, 1.165) is 18.6 Å². The number of morpholine rings is 1. The fraction of sp³-hybridized carbons (Fsp3) is 0.500. The molecule has 3 rings (SSSR count). The van der Waals surface area contributed by atoms with E-state index in [0.29, 0.717) is 6.61 Å². The molecular weight excluding hydrogens is 276 g/mol. The number of anilines is 1. The molecule has 22 heavy (non-hydrogen) atoms. The lowest BCUT2D eigenvalue weighted by atomic mass is 10.0. The topological polar surface area (TPSA) is 34.6 Å². The van der Waals surface area contributed by atoms with Gasteiger partial charge in [-0.3, -0.25) is 4.98 Å². The number of hydrogen-bond donors (Lipinski definition) is 0. The summed E-state index contributed by atoms with van der Waals surface area (Å²) in [5.41, 5.74) is 4.80. The Labute approximate surface area is 132 Å². The van der Waals surface area contributed by atoms with Crippen molar-refractivity contribution in [2.45, 2.75) is 33.0 Å². The molecule has 0 saturated carbocycles. The van der Waals surface area contributed by atoms with Crippen LogP contribution in [0.5, 0.6) is 0 Å². The summed E-state index contributed by atoms with van der Waals surface area (Å²) in [6, 6.07) is 6.39. The Bertz CT molecular complexity index is 671. The van der Waals surface area contributed by atoms with Gasteiger partial charge in [0.2, 0.25) is 0 Å². The van der Waals surface area contributed by atoms with Gasteiger partial charge in [0, 0.05) is 31.8 Å². The summed E-state index contributed by atoms with van der Waals surface area (Å²) in [6.07, 6.45) is 2.29. The van der Waals surface area contributed by atoms with Gasteiger partial charge in [-0.25, -0.2) is 0 Å². The maximum Gasteiger partial charge on any atom is 0.0987 e. The summed E-state index contributed by atoms with van der Waals surface area (Å²) in [7, 11) is 1.73. The number of pyridine rings is 1. The van der Waals surface area contributed by atoms with Crippen molar-refractivity contribution in [3.05, 3.63) is 35.5 Å². The SMILES string of the molecule is COCC1CN(c2c(C)cnc3c(C)cccc23)CC(C)O1. The standard InChI is InChI=1S/C18H24N2O2/c1-12-6-5-7-16-17(12)19-8-13(2)18(16)20-9-14(3)22-15(10-20)11-21-4/h5-8,14-15H,9-11H2,1-4H3. The highest BCUT2D eigenvalue weighted by Gasteiger charge is 2.27. The molecule has 0 aliphatic carbocycles. The lowest BCUT2D eigenvalue weighted by molar-refractivity contribution is -0.0510. The number of fused-ring (bicyclic) bond motifs is 1. The number of aryl methyl sites for hydroxylation is 2. The molecule has 118 valence electrons. The molecule has 0 radical (unpaired) electrons. The molecule has 2 unspecified atom stereocenters. The number of hydrogen-bond acceptors (Lipinski definition) is 4. The normalized spacial score (nSPS) is 22.3. The van der Waals surface area contributed by atoms with Crippen LogP contribution in [0.25, 0.3) is 10.9 Å². The molecule has 1 fully saturated rings. The number of benzene rings is 1. The molecule has 1 aromatic heterocycles. The zero-order valence-corrected chi connectivity index (χ0v) is 13.8. The quantitative estimate of drug-likeness (QED) is 0.872. The molecule has 1 aliphatic heterocycles. The lowest BCUT2D eigenvalue weighted by Crippen LogP contribution is -2.48. The molecule has 0 N–H and O–H groups in total. The number of aromatic nitrogens is 1. The monoisotopic (exact) mass is 300 g/mol. The molecule has 4 nitrogen and oxygen atoms in total. The number of ether oxygens (including phenoxy) is 2. The van der Waals surface area contributed by atoms with Crippen LogP contribution in [0.15, 0.2) is 24.4 Å². The minimum Gasteiger partial charge on any atom is -0.382 e. The first kappa shape index (κ1) is 15.3. The lowest BCUT2D eigenvalue weighted by Gasteiger charge is -2.39. The van der Waals surface area contributed by atoms with Gasteiger partial charge >= 0.3 is 0 Å². The molecular formula is C18H24N2O2. The van der Waals surface area contributed by atoms with Gasteiger partial charge in [-0.05, 0) is 31.9 Å². The second-order valence-corrected chi connectivity index (χ2v) is 6.19. The van der Waals surface area contributed by atoms with E-state index in [-0.39, 0.29) is 12.2 Å². The van der Waals surface area contributed by atoms with Gasteiger partial charge in [0.1, 0.15) is 0 Å². The summed E-state index contributed by atoms with van der Waals surface area (Å²) in [4.78, 5) is 7.05. The number of methoxy groups -OCH3 is 1. The molecule has 2 aromatic rings. The van der Waals surface area contributed by atoms with Crippen LogP contribution in [-0.2, 0) is 9.47 Å². The first-order valence-corrected chi connectivity index (χ1v) is 7.84. The summed E-state index contributed by atoms with van der Waals surface area (Å²) in [5.74, 6) is 0. The minimum absolute atomic E-state index is 0.112. The van der Waals surface area contributed by atoms with Crippen LogP contribution >= 0.6 is 0 Å². The maximum atomic E-state index is 5.97. The summed E-state index contributed by atoms with van der Waals surface area (Å²) in [5, 5.41) is 1.23. The third-order valence-corrected chi connectivity index (χ3v) is 4.25. The van der Waals surface area contributed by atoms with Crippen molar-refractivity contribution >= 4 is 16.6 Å². The molecule has 2 heterocycles. The predicted molar refractivity (Wildman–Crippen MR) is 89.6 cm³/mol. The average Bonchev–Trinajstić information content (AvgIpc) is 2.47. The van der Waals surface area contributed by atoms with Gasteiger partial charge in [0.15, 0.2) is 0 Å². The van der Waals surface area contributed by atoms with E-state index in [4.69, 9.17) is 9.47 Å². The first-order valence-electron chi connectivity index (χ1n) is 7.84. The van der Waals surface area contributed by atoms with E-state index < -0.39 is 0 Å². The predicted octanol–water partition coefficient (Wildman–Crippen LogP) is 3.09. The van der Waals surface area contributed by atoms with Crippen molar-refractivity contribution < 1.29 is 9.47 Å². The van der Waals surface area contributed by atoms with E-state index in [1.165, 1.54) is 22.2 Å². The van der Waals surface area contributed by atoms with Gasteiger partial charge in [0.25, 0.3) is 0 Å². The molecule has 1 saturated heterocycles. The van der Waals surface area contributed by atoms with Crippen LogP contribution in [-0.4, -0.2) is 44.0 Å². The fourth-order valence-electron chi connectivity index (χ4n) is 3.38. The van der Waals surface area contributed by atoms with Crippen LogP contribution in [0, 0.1) is 13.8 Å².